The molecule has 0 radical (unpaired) electrons. The normalized spacial score (nSPS) is 23.4. The number of ether oxygens (including phenoxy) is 1. The summed E-state index contributed by atoms with van der Waals surface area (Å²) in [6.07, 6.45) is 4.68. The summed E-state index contributed by atoms with van der Waals surface area (Å²) in [7, 11) is -0.431. The van der Waals surface area contributed by atoms with E-state index in [4.69, 9.17) is 9.73 Å². The number of hydrogen-bond donors (Lipinski definition) is 0. The summed E-state index contributed by atoms with van der Waals surface area (Å²) in [5, 5.41) is 2.94. The van der Waals surface area contributed by atoms with Crippen molar-refractivity contribution in [3.8, 4) is 0 Å². The molecule has 1 fully saturated rings. The number of aliphatic imine (C=N–C) groups is 1. The van der Waals surface area contributed by atoms with Gasteiger partial charge in [0.15, 0.2) is 5.90 Å². The van der Waals surface area contributed by atoms with Gasteiger partial charge in [0.25, 0.3) is 0 Å². The molecule has 1 aliphatic heterocycles. The first-order valence-electron chi connectivity index (χ1n) is 11.0. The van der Waals surface area contributed by atoms with E-state index in [-0.39, 0.29) is 6.04 Å². The van der Waals surface area contributed by atoms with Crippen LogP contribution < -0.4 is 10.6 Å². The van der Waals surface area contributed by atoms with Crippen molar-refractivity contribution in [2.45, 2.75) is 37.4 Å². The van der Waals surface area contributed by atoms with E-state index in [1.54, 1.807) is 0 Å². The molecule has 0 spiro atoms. The molecule has 3 aromatic carbocycles. The highest BCUT2D eigenvalue weighted by Crippen LogP contribution is 2.50. The Morgan fingerprint density at radius 2 is 1.37 bits per heavy atom. The molecule has 1 aliphatic carbocycles. The molecule has 0 N–H and O–H groups in total. The van der Waals surface area contributed by atoms with Crippen molar-refractivity contribution in [2.24, 2.45) is 10.9 Å². The van der Waals surface area contributed by atoms with Crippen molar-refractivity contribution in [1.82, 2.24) is 0 Å². The molecule has 5 rings (SSSR count). The third kappa shape index (κ3) is 4.20. The van der Waals surface area contributed by atoms with Gasteiger partial charge in [-0.1, -0.05) is 97.4 Å². The lowest BCUT2D eigenvalue weighted by Gasteiger charge is -2.29. The summed E-state index contributed by atoms with van der Waals surface area (Å²) in [5.74, 6) is 1.47. The average molecular weight is 414 g/mol. The highest BCUT2D eigenvalue weighted by Gasteiger charge is 2.40. The summed E-state index contributed by atoms with van der Waals surface area (Å²) in [6.45, 7) is 0.724. The summed E-state index contributed by atoms with van der Waals surface area (Å²) in [4.78, 5) is 5.09. The lowest BCUT2D eigenvalue weighted by atomic mass is 10.1. The molecule has 2 unspecified atom stereocenters. The van der Waals surface area contributed by atoms with Crippen LogP contribution >= 0.6 is 7.92 Å². The fourth-order valence-electron chi connectivity index (χ4n) is 4.88. The Kier molecular flexibility index (Phi) is 5.95. The second-order valence-corrected chi connectivity index (χ2v) is 10.7. The minimum atomic E-state index is -0.431. The van der Waals surface area contributed by atoms with Gasteiger partial charge in [0.1, 0.15) is 6.61 Å². The summed E-state index contributed by atoms with van der Waals surface area (Å²) in [6, 6.07) is 33.1. The maximum Gasteiger partial charge on any atom is 0.187 e. The zero-order valence-corrected chi connectivity index (χ0v) is 18.1. The molecule has 0 saturated heterocycles. The highest BCUT2D eigenvalue weighted by atomic mass is 31.1. The zero-order valence-electron chi connectivity index (χ0n) is 17.2. The first-order valence-corrected chi connectivity index (χ1v) is 12.4. The van der Waals surface area contributed by atoms with Gasteiger partial charge in [0.2, 0.25) is 0 Å². The Morgan fingerprint density at radius 1 is 0.767 bits per heavy atom. The van der Waals surface area contributed by atoms with E-state index < -0.39 is 7.92 Å². The Labute approximate surface area is 180 Å². The van der Waals surface area contributed by atoms with Gasteiger partial charge in [-0.3, -0.25) is 0 Å². The molecule has 0 bridgehead atoms. The predicted molar refractivity (Wildman–Crippen MR) is 128 cm³/mol. The Balaban J connectivity index is 1.41. The first kappa shape index (κ1) is 19.5. The molecule has 3 aromatic rings. The third-order valence-electron chi connectivity index (χ3n) is 6.24. The molecule has 0 amide bonds. The van der Waals surface area contributed by atoms with Crippen LogP contribution in [0.5, 0.6) is 0 Å². The van der Waals surface area contributed by atoms with Crippen LogP contribution in [0.15, 0.2) is 96.0 Å². The van der Waals surface area contributed by atoms with Crippen LogP contribution in [0, 0.1) is 5.92 Å². The van der Waals surface area contributed by atoms with Gasteiger partial charge in [-0.2, -0.15) is 0 Å². The van der Waals surface area contributed by atoms with E-state index in [0.29, 0.717) is 11.6 Å². The van der Waals surface area contributed by atoms with Crippen molar-refractivity contribution in [1.29, 1.82) is 0 Å². The smallest absolute Gasteiger partial charge is 0.187 e. The molecule has 2 nitrogen and oxygen atoms in total. The van der Waals surface area contributed by atoms with E-state index in [1.165, 1.54) is 35.4 Å². The molecule has 0 aromatic heterocycles. The fourth-order valence-corrected chi connectivity index (χ4v) is 8.00. The van der Waals surface area contributed by atoms with Crippen LogP contribution in [-0.2, 0) is 11.2 Å². The Bertz CT molecular complexity index is 934. The molecule has 2 aliphatic rings. The van der Waals surface area contributed by atoms with E-state index in [2.05, 4.69) is 91.0 Å². The minimum Gasteiger partial charge on any atom is -0.478 e. The molecular weight excluding hydrogens is 385 g/mol. The van der Waals surface area contributed by atoms with Gasteiger partial charge in [-0.25, -0.2) is 4.99 Å². The zero-order chi connectivity index (χ0) is 20.2. The van der Waals surface area contributed by atoms with Crippen LogP contribution in [0.4, 0.5) is 0 Å². The van der Waals surface area contributed by atoms with Crippen LogP contribution in [0.25, 0.3) is 0 Å². The minimum absolute atomic E-state index is 0.253. The van der Waals surface area contributed by atoms with E-state index in [1.807, 2.05) is 0 Å². The molecule has 1 saturated carbocycles. The monoisotopic (exact) mass is 413 g/mol. The molecule has 3 heteroatoms. The van der Waals surface area contributed by atoms with E-state index in [9.17, 15) is 0 Å². The lowest BCUT2D eigenvalue weighted by Crippen LogP contribution is -2.29. The highest BCUT2D eigenvalue weighted by molar-refractivity contribution is 7.73. The van der Waals surface area contributed by atoms with Crippen LogP contribution in [-0.4, -0.2) is 24.2 Å². The molecule has 152 valence electrons. The number of hydrogen-bond acceptors (Lipinski definition) is 2. The summed E-state index contributed by atoms with van der Waals surface area (Å²) >= 11 is 0. The van der Waals surface area contributed by atoms with Crippen LogP contribution in [0.1, 0.15) is 24.8 Å². The second kappa shape index (κ2) is 9.14. The number of nitrogens with zero attached hydrogens (tertiary/aromatic N) is 1. The van der Waals surface area contributed by atoms with Crippen molar-refractivity contribution in [3.05, 3.63) is 96.6 Å². The van der Waals surface area contributed by atoms with Crippen LogP contribution in [0.3, 0.4) is 0 Å². The maximum absolute atomic E-state index is 6.23. The first-order chi connectivity index (χ1) is 14.9. The van der Waals surface area contributed by atoms with Gasteiger partial charge in [0.05, 0.1) is 6.04 Å². The fraction of sp³-hybridized carbons (Fsp3) is 0.296. The van der Waals surface area contributed by atoms with Gasteiger partial charge in [-0.15, -0.1) is 0 Å². The second-order valence-electron chi connectivity index (χ2n) is 8.27. The lowest BCUT2D eigenvalue weighted by molar-refractivity contribution is 0.297. The number of rotatable bonds is 6. The summed E-state index contributed by atoms with van der Waals surface area (Å²) in [5.41, 5.74) is 1.94. The number of benzene rings is 3. The largest absolute Gasteiger partial charge is 0.478 e. The van der Waals surface area contributed by atoms with Crippen molar-refractivity contribution >= 4 is 24.4 Å². The van der Waals surface area contributed by atoms with Crippen LogP contribution in [0.2, 0.25) is 0 Å². The molecule has 3 atom stereocenters. The maximum atomic E-state index is 6.23. The molecular formula is C27H28NOP. The average Bonchev–Trinajstić information content (AvgIpc) is 3.46. The SMILES string of the molecule is c1ccc(C[C@@H]2COC(C3CCCC3P(c3ccccc3)c3ccccc3)=N2)cc1. The Hall–Kier alpha value is -2.44. The van der Waals surface area contributed by atoms with E-state index in [0.717, 1.165) is 18.9 Å². The van der Waals surface area contributed by atoms with Crippen molar-refractivity contribution < 1.29 is 4.74 Å². The topological polar surface area (TPSA) is 21.6 Å². The molecule has 1 heterocycles. The van der Waals surface area contributed by atoms with Gasteiger partial charge in [0, 0.05) is 5.92 Å². The van der Waals surface area contributed by atoms with Crippen molar-refractivity contribution in [3.63, 3.8) is 0 Å². The predicted octanol–water partition coefficient (Wildman–Crippen LogP) is 5.33. The van der Waals surface area contributed by atoms with Crippen molar-refractivity contribution in [2.75, 3.05) is 6.61 Å². The summed E-state index contributed by atoms with van der Waals surface area (Å²) < 4.78 is 6.23. The van der Waals surface area contributed by atoms with Gasteiger partial charge < -0.3 is 4.74 Å². The van der Waals surface area contributed by atoms with Gasteiger partial charge >= 0.3 is 0 Å². The Morgan fingerprint density at radius 3 is 2.00 bits per heavy atom. The van der Waals surface area contributed by atoms with Gasteiger partial charge in [-0.05, 0) is 49.0 Å². The molecule has 30 heavy (non-hydrogen) atoms. The quantitative estimate of drug-likeness (QED) is 0.501. The third-order valence-corrected chi connectivity index (χ3v) is 9.23. The standard InChI is InChI=1S/C27H28NOP/c1-4-11-21(12-5-1)19-22-20-29-27(28-22)25-17-10-18-26(25)30(23-13-6-2-7-14-23)24-15-8-3-9-16-24/h1-9,11-16,22,25-26H,10,17-20H2/t22-,25?,26?/m1/s1. The van der Waals surface area contributed by atoms with E-state index >= 15 is 0 Å².